The third-order valence-electron chi connectivity index (χ3n) is 11.8. The van der Waals surface area contributed by atoms with E-state index in [4.69, 9.17) is 14.5 Å². The first-order valence-electron chi connectivity index (χ1n) is 18.6. The van der Waals surface area contributed by atoms with Gasteiger partial charge >= 0.3 is 6.01 Å². The standard InChI is InChI=1S/C40H49F2N5O3/c1-4-24-6-5-7-25-14-31(48)15-26(8-13-33(24)25)36-35(41)18-34-38(37(36)42)44-40(45-39(34)46-20-27-9-10-28(21-46)43-27)50-22-23(2)19-47-29-11-12-30(47)17-32(16-29)49-3/h5-7,14-15,18,23,27-30,32,43,48H,4,8-13,16-17,19-22H2,1-3H3/b26-15+,31-14?/t23-,27?,28?,29?,30?,32?/m1/s1. The molecule has 4 saturated heterocycles. The van der Waals surface area contributed by atoms with Gasteiger partial charge in [0.05, 0.1) is 18.3 Å². The number of nitrogens with zero attached hydrogens (tertiary/aromatic N) is 4. The second-order valence-electron chi connectivity index (χ2n) is 15.2. The Morgan fingerprint density at radius 3 is 2.50 bits per heavy atom. The number of fused-ring (bicyclic) bond motifs is 6. The molecule has 2 aromatic carbocycles. The van der Waals surface area contributed by atoms with Gasteiger partial charge in [-0.1, -0.05) is 32.0 Å². The van der Waals surface area contributed by atoms with Gasteiger partial charge in [-0.05, 0) is 98.3 Å². The first-order valence-corrected chi connectivity index (χ1v) is 18.6. The van der Waals surface area contributed by atoms with Crippen LogP contribution in [0.1, 0.15) is 81.0 Å². The fourth-order valence-electron chi connectivity index (χ4n) is 9.41. The van der Waals surface area contributed by atoms with Crippen LogP contribution in [0.4, 0.5) is 14.6 Å². The molecule has 0 saturated carbocycles. The molecule has 4 bridgehead atoms. The number of ether oxygens (including phenoxy) is 2. The van der Waals surface area contributed by atoms with E-state index in [-0.39, 0.29) is 28.8 Å². The first-order chi connectivity index (χ1) is 24.3. The third-order valence-corrected chi connectivity index (χ3v) is 11.8. The Morgan fingerprint density at radius 1 is 1.02 bits per heavy atom. The Morgan fingerprint density at radius 2 is 1.78 bits per heavy atom. The zero-order valence-corrected chi connectivity index (χ0v) is 29.4. The molecule has 4 aliphatic heterocycles. The minimum Gasteiger partial charge on any atom is -0.508 e. The number of allylic oxidation sites excluding steroid dienone is 2. The van der Waals surface area contributed by atoms with Gasteiger partial charge < -0.3 is 24.8 Å². The molecule has 0 spiro atoms. The zero-order chi connectivity index (χ0) is 34.5. The summed E-state index contributed by atoms with van der Waals surface area (Å²) in [7, 11) is 1.82. The number of methoxy groups -OCH3 is 1. The lowest BCUT2D eigenvalue weighted by molar-refractivity contribution is -0.00166. The predicted octanol–water partition coefficient (Wildman–Crippen LogP) is 7.00. The highest BCUT2D eigenvalue weighted by Gasteiger charge is 2.41. The molecule has 5 heterocycles. The van der Waals surface area contributed by atoms with E-state index < -0.39 is 11.6 Å². The molecular weight excluding hydrogens is 636 g/mol. The number of halogens is 2. The smallest absolute Gasteiger partial charge is 0.319 e. The van der Waals surface area contributed by atoms with Crippen molar-refractivity contribution in [3.05, 3.63) is 70.0 Å². The molecule has 0 amide bonds. The average Bonchev–Trinajstić information content (AvgIpc) is 3.55. The molecule has 2 N–H and O–H groups in total. The van der Waals surface area contributed by atoms with Gasteiger partial charge in [0.1, 0.15) is 22.9 Å². The average molecular weight is 686 g/mol. The van der Waals surface area contributed by atoms with Crippen molar-refractivity contribution in [1.29, 1.82) is 0 Å². The van der Waals surface area contributed by atoms with Crippen LogP contribution >= 0.6 is 0 Å². The number of aliphatic hydroxyl groups is 1. The summed E-state index contributed by atoms with van der Waals surface area (Å²) in [5.74, 6) is -0.757. The number of hydrogen-bond donors (Lipinski definition) is 2. The molecule has 4 fully saturated rings. The molecule has 50 heavy (non-hydrogen) atoms. The van der Waals surface area contributed by atoms with Crippen molar-refractivity contribution in [2.24, 2.45) is 5.92 Å². The lowest BCUT2D eigenvalue weighted by Gasteiger charge is -2.39. The van der Waals surface area contributed by atoms with Gasteiger partial charge in [-0.2, -0.15) is 9.97 Å². The van der Waals surface area contributed by atoms with Crippen LogP contribution in [-0.2, 0) is 17.6 Å². The molecular formula is C40H49F2N5O3. The first kappa shape index (κ1) is 33.5. The van der Waals surface area contributed by atoms with E-state index in [1.807, 2.05) is 19.2 Å². The Kier molecular flexibility index (Phi) is 9.29. The quantitative estimate of drug-likeness (QED) is 0.249. The molecule has 1 aliphatic carbocycles. The fraction of sp³-hybridized carbons (Fsp3) is 0.550. The van der Waals surface area contributed by atoms with Crippen molar-refractivity contribution >= 4 is 28.4 Å². The molecule has 266 valence electrons. The van der Waals surface area contributed by atoms with Crippen LogP contribution in [0.2, 0.25) is 0 Å². The number of piperazine rings is 1. The number of aromatic nitrogens is 2. The number of rotatable bonds is 9. The van der Waals surface area contributed by atoms with Gasteiger partial charge in [0, 0.05) is 62.2 Å². The van der Waals surface area contributed by atoms with Crippen LogP contribution in [0.5, 0.6) is 6.01 Å². The van der Waals surface area contributed by atoms with E-state index in [1.54, 1.807) is 6.08 Å². The summed E-state index contributed by atoms with van der Waals surface area (Å²) < 4.78 is 45.2. The van der Waals surface area contributed by atoms with Crippen molar-refractivity contribution in [2.75, 3.05) is 38.3 Å². The molecule has 10 heteroatoms. The SMILES string of the molecule is CCc1cccc2c1CC/C(c1c(F)cc3c(N4CC5CCC(C4)N5)nc(OC[C@H](C)CN4C5CCC4CC(OC)C5)nc3c1F)=C\C(O)=C2. The van der Waals surface area contributed by atoms with Crippen LogP contribution < -0.4 is 15.0 Å². The van der Waals surface area contributed by atoms with E-state index in [0.29, 0.717) is 79.6 Å². The molecule has 1 aromatic heterocycles. The number of anilines is 1. The Labute approximate surface area is 293 Å². The lowest BCUT2D eigenvalue weighted by atomic mass is 9.88. The van der Waals surface area contributed by atoms with Crippen LogP contribution in [0.25, 0.3) is 22.6 Å². The second kappa shape index (κ2) is 13.8. The van der Waals surface area contributed by atoms with Crippen molar-refractivity contribution in [3.63, 3.8) is 0 Å². The van der Waals surface area contributed by atoms with Gasteiger partial charge in [0.25, 0.3) is 0 Å². The molecule has 4 unspecified atom stereocenters. The molecule has 5 aliphatic rings. The predicted molar refractivity (Wildman–Crippen MR) is 193 cm³/mol. The second-order valence-corrected chi connectivity index (χ2v) is 15.2. The van der Waals surface area contributed by atoms with Crippen molar-refractivity contribution in [3.8, 4) is 6.01 Å². The van der Waals surface area contributed by atoms with Crippen LogP contribution in [0.3, 0.4) is 0 Å². The minimum atomic E-state index is -0.749. The van der Waals surface area contributed by atoms with E-state index in [1.165, 1.54) is 25.0 Å². The highest BCUT2D eigenvalue weighted by molar-refractivity contribution is 5.93. The number of hydrogen-bond acceptors (Lipinski definition) is 8. The summed E-state index contributed by atoms with van der Waals surface area (Å²) in [6.45, 7) is 6.97. The van der Waals surface area contributed by atoms with E-state index in [0.717, 1.165) is 55.3 Å². The topological polar surface area (TPSA) is 83.0 Å². The summed E-state index contributed by atoms with van der Waals surface area (Å²) in [5, 5.41) is 14.9. The maximum Gasteiger partial charge on any atom is 0.319 e. The summed E-state index contributed by atoms with van der Waals surface area (Å²) in [6.07, 6.45) is 12.0. The highest BCUT2D eigenvalue weighted by Crippen LogP contribution is 2.39. The maximum absolute atomic E-state index is 16.9. The number of benzene rings is 2. The van der Waals surface area contributed by atoms with E-state index in [9.17, 15) is 5.11 Å². The Balaban J connectivity index is 1.12. The van der Waals surface area contributed by atoms with Gasteiger partial charge in [-0.25, -0.2) is 8.78 Å². The Bertz CT molecular complexity index is 1800. The Hall–Kier alpha value is -3.60. The molecule has 5 atom stereocenters. The lowest BCUT2D eigenvalue weighted by Crippen LogP contribution is -2.51. The number of nitrogens with one attached hydrogen (secondary N) is 1. The molecule has 8 rings (SSSR count). The largest absolute Gasteiger partial charge is 0.508 e. The van der Waals surface area contributed by atoms with Crippen molar-refractivity contribution in [2.45, 2.75) is 102 Å². The fourth-order valence-corrected chi connectivity index (χ4v) is 9.41. The number of piperidine rings is 1. The summed E-state index contributed by atoms with van der Waals surface area (Å²) in [4.78, 5) is 14.2. The van der Waals surface area contributed by atoms with Gasteiger partial charge in [-0.3, -0.25) is 4.90 Å². The van der Waals surface area contributed by atoms with Gasteiger partial charge in [-0.15, -0.1) is 0 Å². The highest BCUT2D eigenvalue weighted by atomic mass is 19.1. The molecule has 8 nitrogen and oxygen atoms in total. The van der Waals surface area contributed by atoms with E-state index in [2.05, 4.69) is 40.0 Å². The summed E-state index contributed by atoms with van der Waals surface area (Å²) in [6, 6.07) is 9.19. The minimum absolute atomic E-state index is 0.0364. The summed E-state index contributed by atoms with van der Waals surface area (Å²) in [5.41, 5.74) is 3.47. The van der Waals surface area contributed by atoms with Crippen LogP contribution in [0.15, 0.2) is 36.1 Å². The van der Waals surface area contributed by atoms with Gasteiger partial charge in [0.15, 0.2) is 5.82 Å². The van der Waals surface area contributed by atoms with Crippen molar-refractivity contribution < 1.29 is 23.4 Å². The molecule has 0 radical (unpaired) electrons. The molecule has 3 aromatic rings. The number of aliphatic hydroxyl groups excluding tert-OH is 1. The number of aryl methyl sites for hydroxylation is 1. The van der Waals surface area contributed by atoms with E-state index >= 15 is 8.78 Å². The zero-order valence-electron chi connectivity index (χ0n) is 29.4. The van der Waals surface area contributed by atoms with Crippen LogP contribution in [-0.4, -0.2) is 83.6 Å². The monoisotopic (exact) mass is 685 g/mol. The normalized spacial score (nSPS) is 28.1. The maximum atomic E-state index is 16.9. The van der Waals surface area contributed by atoms with Crippen molar-refractivity contribution in [1.82, 2.24) is 20.2 Å². The van der Waals surface area contributed by atoms with Gasteiger partial charge in [0.2, 0.25) is 0 Å². The van der Waals surface area contributed by atoms with Crippen LogP contribution in [0, 0.1) is 17.6 Å². The third kappa shape index (κ3) is 6.39. The summed E-state index contributed by atoms with van der Waals surface area (Å²) >= 11 is 0.